The van der Waals surface area contributed by atoms with Crippen molar-refractivity contribution >= 4 is 23.9 Å². The largest absolute Gasteiger partial charge is 0.511 e. The Balaban J connectivity index is 1.59. The first kappa shape index (κ1) is 27.5. The number of rotatable bonds is 8. The van der Waals surface area contributed by atoms with Crippen LogP contribution in [-0.2, 0) is 36.8 Å². The Labute approximate surface area is 219 Å². The minimum Gasteiger partial charge on any atom is -0.466 e. The summed E-state index contributed by atoms with van der Waals surface area (Å²) in [5.41, 5.74) is -1.71. The second kappa shape index (κ2) is 11.5. The molecule has 0 radical (unpaired) electrons. The van der Waals surface area contributed by atoms with E-state index in [1.807, 2.05) is 0 Å². The van der Waals surface area contributed by atoms with Gasteiger partial charge in [-0.15, -0.1) is 0 Å². The Kier molecular flexibility index (Phi) is 8.09. The number of fused-ring (bicyclic) bond motifs is 2. The third kappa shape index (κ3) is 5.82. The van der Waals surface area contributed by atoms with Gasteiger partial charge in [0.1, 0.15) is 17.2 Å². The van der Waals surface area contributed by atoms with Crippen LogP contribution in [-0.4, -0.2) is 72.8 Å². The molecule has 0 bridgehead atoms. The maximum absolute atomic E-state index is 14.0. The van der Waals surface area contributed by atoms with Gasteiger partial charge < -0.3 is 38.5 Å². The maximum Gasteiger partial charge on any atom is 0.511 e. The van der Waals surface area contributed by atoms with Gasteiger partial charge in [-0.2, -0.15) is 0 Å². The summed E-state index contributed by atoms with van der Waals surface area (Å²) < 4.78 is 53.0. The van der Waals surface area contributed by atoms with Crippen LogP contribution in [0.4, 0.5) is 13.6 Å². The molecule has 0 spiro atoms. The van der Waals surface area contributed by atoms with Gasteiger partial charge in [0.05, 0.1) is 26.3 Å². The molecule has 1 fully saturated rings. The van der Waals surface area contributed by atoms with E-state index < -0.39 is 71.9 Å². The van der Waals surface area contributed by atoms with Gasteiger partial charge in [-0.1, -0.05) is 6.07 Å². The molecular formula is C24H23F2N3O10. The van der Waals surface area contributed by atoms with Gasteiger partial charge in [0.25, 0.3) is 11.8 Å². The Morgan fingerprint density at radius 3 is 2.67 bits per heavy atom. The van der Waals surface area contributed by atoms with Crippen molar-refractivity contribution in [1.29, 1.82) is 0 Å². The molecule has 0 saturated carbocycles. The van der Waals surface area contributed by atoms with Crippen LogP contribution >= 0.6 is 0 Å². The van der Waals surface area contributed by atoms with Crippen LogP contribution in [0.2, 0.25) is 0 Å². The van der Waals surface area contributed by atoms with Crippen molar-refractivity contribution in [1.82, 2.24) is 14.8 Å². The van der Waals surface area contributed by atoms with Gasteiger partial charge >= 0.3 is 12.1 Å². The van der Waals surface area contributed by atoms with Crippen molar-refractivity contribution in [3.05, 3.63) is 63.1 Å². The molecule has 15 heteroatoms. The number of ether oxygens (including phenoxy) is 5. The molecule has 3 heterocycles. The van der Waals surface area contributed by atoms with Crippen molar-refractivity contribution in [2.75, 3.05) is 27.1 Å². The molecule has 1 aromatic heterocycles. The monoisotopic (exact) mass is 551 g/mol. The third-order valence-corrected chi connectivity index (χ3v) is 5.96. The Morgan fingerprint density at radius 2 is 1.95 bits per heavy atom. The Hall–Kier alpha value is -4.53. The maximum atomic E-state index is 14.0. The minimum absolute atomic E-state index is 0.0303. The number of nitrogens with one attached hydrogen (secondary N) is 1. The van der Waals surface area contributed by atoms with Crippen LogP contribution in [0, 0.1) is 11.6 Å². The van der Waals surface area contributed by atoms with Gasteiger partial charge in [0, 0.05) is 24.4 Å². The Morgan fingerprint density at radius 1 is 1.18 bits per heavy atom. The van der Waals surface area contributed by atoms with Gasteiger partial charge in [-0.25, -0.2) is 18.4 Å². The van der Waals surface area contributed by atoms with Crippen LogP contribution in [0.3, 0.4) is 0 Å². The number of halogens is 2. The van der Waals surface area contributed by atoms with E-state index in [-0.39, 0.29) is 37.0 Å². The highest BCUT2D eigenvalue weighted by atomic mass is 19.1. The molecular weight excluding hydrogens is 528 g/mol. The summed E-state index contributed by atoms with van der Waals surface area (Å²) in [5, 5.41) is 2.38. The number of aromatic nitrogens is 1. The molecule has 13 nitrogen and oxygen atoms in total. The highest BCUT2D eigenvalue weighted by Crippen LogP contribution is 2.30. The molecule has 2 aromatic rings. The molecule has 1 N–H and O–H groups in total. The quantitative estimate of drug-likeness (QED) is 0.370. The van der Waals surface area contributed by atoms with E-state index in [4.69, 9.17) is 14.2 Å². The number of hydrogen-bond donors (Lipinski definition) is 1. The summed E-state index contributed by atoms with van der Waals surface area (Å²) in [4.78, 5) is 63.7. The molecule has 2 atom stereocenters. The fraction of sp³-hybridized carbons (Fsp3) is 0.375. The highest BCUT2D eigenvalue weighted by molar-refractivity contribution is 5.99. The predicted molar refractivity (Wildman–Crippen MR) is 124 cm³/mol. The number of esters is 1. The van der Waals surface area contributed by atoms with E-state index in [0.717, 1.165) is 25.4 Å². The molecule has 2 aliphatic heterocycles. The van der Waals surface area contributed by atoms with Crippen molar-refractivity contribution < 1.29 is 51.6 Å². The molecule has 1 aromatic carbocycles. The van der Waals surface area contributed by atoms with Crippen LogP contribution in [0.15, 0.2) is 29.2 Å². The van der Waals surface area contributed by atoms with Crippen molar-refractivity contribution in [3.63, 3.8) is 0 Å². The fourth-order valence-electron chi connectivity index (χ4n) is 4.05. The number of carbonyl (C=O) groups excluding carboxylic acids is 4. The van der Waals surface area contributed by atoms with Crippen LogP contribution in [0.5, 0.6) is 5.75 Å². The lowest BCUT2D eigenvalue weighted by Gasteiger charge is -2.34. The molecule has 0 aliphatic carbocycles. The van der Waals surface area contributed by atoms with Crippen LogP contribution < -0.4 is 15.5 Å². The van der Waals surface area contributed by atoms with E-state index in [9.17, 15) is 32.8 Å². The number of carbonyl (C=O) groups is 4. The summed E-state index contributed by atoms with van der Waals surface area (Å²) in [5.74, 6) is -4.66. The number of pyridine rings is 1. The zero-order valence-corrected chi connectivity index (χ0v) is 20.7. The SMILES string of the molecule is COC(=O)COC(=O)OCOc1c2n(cc(C(=O)NCc3ccc(F)cc3F)c1=O)CC1OCC(C)N1C2=O. The highest BCUT2D eigenvalue weighted by Gasteiger charge is 2.43. The normalized spacial score (nSPS) is 17.6. The lowest BCUT2D eigenvalue weighted by atomic mass is 10.1. The predicted octanol–water partition coefficient (Wildman–Crippen LogP) is 0.920. The van der Waals surface area contributed by atoms with Crippen molar-refractivity contribution in [2.24, 2.45) is 0 Å². The van der Waals surface area contributed by atoms with Gasteiger partial charge in [0.15, 0.2) is 18.5 Å². The minimum atomic E-state index is -1.32. The number of methoxy groups -OCH3 is 1. The lowest BCUT2D eigenvalue weighted by Crippen LogP contribution is -2.49. The molecule has 39 heavy (non-hydrogen) atoms. The van der Waals surface area contributed by atoms with Crippen molar-refractivity contribution in [2.45, 2.75) is 32.3 Å². The average molecular weight is 551 g/mol. The standard InChI is InChI=1S/C24H23F2N3O10/c1-12-9-36-17-8-28-7-15(22(32)27-6-13-3-4-14(25)5-16(13)26)20(31)21(19(28)23(33)29(12)17)38-11-39-24(34)37-10-18(30)35-2/h3-5,7,12,17H,6,8-11H2,1-2H3,(H,27,32). The van der Waals surface area contributed by atoms with E-state index >= 15 is 0 Å². The van der Waals surface area contributed by atoms with Gasteiger partial charge in [-0.05, 0) is 13.0 Å². The number of benzene rings is 1. The van der Waals surface area contributed by atoms with Crippen molar-refractivity contribution in [3.8, 4) is 5.75 Å². The Bertz CT molecular complexity index is 1380. The van der Waals surface area contributed by atoms with E-state index in [1.165, 1.54) is 9.47 Å². The second-order valence-electron chi connectivity index (χ2n) is 8.49. The summed E-state index contributed by atoms with van der Waals surface area (Å²) in [6, 6.07) is 2.50. The summed E-state index contributed by atoms with van der Waals surface area (Å²) in [6.45, 7) is 0.0474. The first-order chi connectivity index (χ1) is 18.6. The molecule has 2 unspecified atom stereocenters. The zero-order chi connectivity index (χ0) is 28.3. The zero-order valence-electron chi connectivity index (χ0n) is 20.7. The second-order valence-corrected chi connectivity index (χ2v) is 8.49. The van der Waals surface area contributed by atoms with Gasteiger partial charge in [-0.3, -0.25) is 14.4 Å². The smallest absolute Gasteiger partial charge is 0.466 e. The third-order valence-electron chi connectivity index (χ3n) is 5.96. The van der Waals surface area contributed by atoms with E-state index in [0.29, 0.717) is 6.07 Å². The van der Waals surface area contributed by atoms with E-state index in [1.54, 1.807) is 6.92 Å². The number of nitrogens with zero attached hydrogens (tertiary/aromatic N) is 2. The lowest BCUT2D eigenvalue weighted by molar-refractivity contribution is -0.145. The summed E-state index contributed by atoms with van der Waals surface area (Å²) in [6.07, 6.45) is -0.838. The topological polar surface area (TPSA) is 152 Å². The van der Waals surface area contributed by atoms with Crippen LogP contribution in [0.1, 0.15) is 33.3 Å². The molecule has 4 rings (SSSR count). The number of amides is 2. The summed E-state index contributed by atoms with van der Waals surface area (Å²) in [7, 11) is 1.09. The fourth-order valence-corrected chi connectivity index (χ4v) is 4.05. The summed E-state index contributed by atoms with van der Waals surface area (Å²) >= 11 is 0. The van der Waals surface area contributed by atoms with Gasteiger partial charge in [0.2, 0.25) is 18.0 Å². The van der Waals surface area contributed by atoms with E-state index in [2.05, 4.69) is 14.8 Å². The average Bonchev–Trinajstić information content (AvgIpc) is 3.28. The molecule has 1 saturated heterocycles. The first-order valence-corrected chi connectivity index (χ1v) is 11.5. The molecule has 2 aliphatic rings. The molecule has 208 valence electrons. The first-order valence-electron chi connectivity index (χ1n) is 11.5. The number of hydrogen-bond acceptors (Lipinski definition) is 10. The van der Waals surface area contributed by atoms with Crippen LogP contribution in [0.25, 0.3) is 0 Å². The molecule has 2 amide bonds.